The van der Waals surface area contributed by atoms with E-state index >= 15 is 0 Å². The van der Waals surface area contributed by atoms with Crippen molar-refractivity contribution < 1.29 is 17.9 Å². The number of hydrazine groups is 1. The highest BCUT2D eigenvalue weighted by atomic mass is 32.1. The van der Waals surface area contributed by atoms with Crippen molar-refractivity contribution in [3.63, 3.8) is 0 Å². The summed E-state index contributed by atoms with van der Waals surface area (Å²) in [6.45, 7) is 0. The van der Waals surface area contributed by atoms with Gasteiger partial charge in [0.05, 0.1) is 18.7 Å². The van der Waals surface area contributed by atoms with E-state index in [1.807, 2.05) is 5.38 Å². The second kappa shape index (κ2) is 5.82. The normalized spacial score (nSPS) is 13.2. The minimum Gasteiger partial charge on any atom is -0.496 e. The Morgan fingerprint density at radius 2 is 1.90 bits per heavy atom. The topological polar surface area (TPSA) is 47.3 Å². The monoisotopic (exact) mass is 302 g/mol. The van der Waals surface area contributed by atoms with Crippen LogP contribution >= 0.6 is 11.3 Å². The number of rotatable bonds is 4. The molecule has 0 amide bonds. The van der Waals surface area contributed by atoms with Crippen LogP contribution in [0.3, 0.4) is 0 Å². The summed E-state index contributed by atoms with van der Waals surface area (Å²) in [5.41, 5.74) is 2.58. The van der Waals surface area contributed by atoms with Crippen LogP contribution in [0.4, 0.5) is 13.2 Å². The first-order chi connectivity index (χ1) is 9.45. The second-order valence-electron chi connectivity index (χ2n) is 4.11. The van der Waals surface area contributed by atoms with Gasteiger partial charge in [0.15, 0.2) is 0 Å². The molecular weight excluding hydrogens is 289 g/mol. The summed E-state index contributed by atoms with van der Waals surface area (Å²) in [5, 5.41) is 1.81. The van der Waals surface area contributed by atoms with Crippen LogP contribution < -0.4 is 16.0 Å². The third kappa shape index (κ3) is 3.12. The highest BCUT2D eigenvalue weighted by Crippen LogP contribution is 2.33. The number of benzene rings is 1. The summed E-state index contributed by atoms with van der Waals surface area (Å²) in [4.78, 5) is 0.865. The maximum atomic E-state index is 12.5. The molecule has 0 saturated heterocycles. The maximum absolute atomic E-state index is 12.5. The van der Waals surface area contributed by atoms with Crippen LogP contribution in [0.15, 0.2) is 35.7 Å². The van der Waals surface area contributed by atoms with Crippen molar-refractivity contribution in [2.24, 2.45) is 5.84 Å². The molecular formula is C13H13F3N2OS. The molecule has 1 aromatic carbocycles. The van der Waals surface area contributed by atoms with E-state index in [-0.39, 0.29) is 6.04 Å². The standard InChI is InChI=1S/C13H13F3N2OS/c1-19-10-6-11(20-7-10)12(18-17)8-2-4-9(5-3-8)13(14,15)16/h2-7,12,18H,17H2,1H3. The number of hydrogen-bond donors (Lipinski definition) is 2. The van der Waals surface area contributed by atoms with Crippen LogP contribution in [0.1, 0.15) is 22.0 Å². The van der Waals surface area contributed by atoms with Gasteiger partial charge in [-0.25, -0.2) is 5.43 Å². The fourth-order valence-corrected chi connectivity index (χ4v) is 2.74. The van der Waals surface area contributed by atoms with Crippen LogP contribution in [0, 0.1) is 0 Å². The number of alkyl halides is 3. The van der Waals surface area contributed by atoms with Gasteiger partial charge in [-0.1, -0.05) is 12.1 Å². The summed E-state index contributed by atoms with van der Waals surface area (Å²) in [5.74, 6) is 6.20. The van der Waals surface area contributed by atoms with Gasteiger partial charge in [-0.05, 0) is 23.8 Å². The third-order valence-corrected chi connectivity index (χ3v) is 3.83. The molecule has 0 radical (unpaired) electrons. The lowest BCUT2D eigenvalue weighted by molar-refractivity contribution is -0.137. The highest BCUT2D eigenvalue weighted by molar-refractivity contribution is 7.10. The number of ether oxygens (including phenoxy) is 1. The van der Waals surface area contributed by atoms with Crippen LogP contribution in [0.2, 0.25) is 0 Å². The molecule has 0 aliphatic heterocycles. The molecule has 2 rings (SSSR count). The number of hydrogen-bond acceptors (Lipinski definition) is 4. The minimum atomic E-state index is -4.34. The lowest BCUT2D eigenvalue weighted by Gasteiger charge is -2.15. The van der Waals surface area contributed by atoms with E-state index in [2.05, 4.69) is 5.43 Å². The van der Waals surface area contributed by atoms with E-state index in [1.165, 1.54) is 23.5 Å². The quantitative estimate of drug-likeness (QED) is 0.673. The van der Waals surface area contributed by atoms with Crippen molar-refractivity contribution in [1.29, 1.82) is 0 Å². The fourth-order valence-electron chi connectivity index (χ4n) is 1.80. The van der Waals surface area contributed by atoms with E-state index in [9.17, 15) is 13.2 Å². The molecule has 0 aliphatic carbocycles. The van der Waals surface area contributed by atoms with Gasteiger partial charge >= 0.3 is 6.18 Å². The number of halogens is 3. The average Bonchev–Trinajstić information content (AvgIpc) is 2.88. The predicted octanol–water partition coefficient (Wildman–Crippen LogP) is 3.33. The summed E-state index contributed by atoms with van der Waals surface area (Å²) in [6, 6.07) is 6.35. The van der Waals surface area contributed by atoms with Gasteiger partial charge in [0, 0.05) is 10.3 Å². The first-order valence-electron chi connectivity index (χ1n) is 5.71. The molecule has 1 heterocycles. The van der Waals surface area contributed by atoms with Crippen molar-refractivity contribution in [2.45, 2.75) is 12.2 Å². The smallest absolute Gasteiger partial charge is 0.416 e. The van der Waals surface area contributed by atoms with Crippen LogP contribution in [0.5, 0.6) is 5.75 Å². The Labute approximate surface area is 118 Å². The average molecular weight is 302 g/mol. The first kappa shape index (κ1) is 14.8. The van der Waals surface area contributed by atoms with Crippen molar-refractivity contribution in [2.75, 3.05) is 7.11 Å². The lowest BCUT2D eigenvalue weighted by atomic mass is 10.0. The zero-order valence-electron chi connectivity index (χ0n) is 10.6. The molecule has 1 aromatic heterocycles. The molecule has 0 aliphatic rings. The number of methoxy groups -OCH3 is 1. The molecule has 2 aromatic rings. The molecule has 3 N–H and O–H groups in total. The largest absolute Gasteiger partial charge is 0.496 e. The Bertz CT molecular complexity index is 566. The highest BCUT2D eigenvalue weighted by Gasteiger charge is 2.30. The van der Waals surface area contributed by atoms with Crippen LogP contribution in [0.25, 0.3) is 0 Å². The fraction of sp³-hybridized carbons (Fsp3) is 0.231. The third-order valence-electron chi connectivity index (χ3n) is 2.85. The van der Waals surface area contributed by atoms with E-state index in [1.54, 1.807) is 13.2 Å². The van der Waals surface area contributed by atoms with Crippen molar-refractivity contribution in [3.8, 4) is 5.75 Å². The molecule has 3 nitrogen and oxygen atoms in total. The van der Waals surface area contributed by atoms with Gasteiger partial charge in [0.2, 0.25) is 0 Å². The molecule has 0 fully saturated rings. The van der Waals surface area contributed by atoms with E-state index in [0.29, 0.717) is 11.3 Å². The molecule has 1 unspecified atom stereocenters. The van der Waals surface area contributed by atoms with Crippen LogP contribution in [-0.2, 0) is 6.18 Å². The van der Waals surface area contributed by atoms with Gasteiger partial charge in [-0.3, -0.25) is 5.84 Å². The molecule has 0 bridgehead atoms. The lowest BCUT2D eigenvalue weighted by Crippen LogP contribution is -2.28. The van der Waals surface area contributed by atoms with Gasteiger partial charge in [0.1, 0.15) is 5.75 Å². The summed E-state index contributed by atoms with van der Waals surface area (Å²) < 4.78 is 42.6. The summed E-state index contributed by atoms with van der Waals surface area (Å²) >= 11 is 1.42. The molecule has 7 heteroatoms. The minimum absolute atomic E-state index is 0.369. The molecule has 1 atom stereocenters. The molecule has 0 saturated carbocycles. The van der Waals surface area contributed by atoms with Gasteiger partial charge in [0.25, 0.3) is 0 Å². The zero-order valence-corrected chi connectivity index (χ0v) is 11.4. The molecule has 0 spiro atoms. The number of nitrogens with two attached hydrogens (primary N) is 1. The van der Waals surface area contributed by atoms with E-state index in [0.717, 1.165) is 17.0 Å². The molecule has 108 valence electrons. The van der Waals surface area contributed by atoms with Crippen molar-refractivity contribution in [1.82, 2.24) is 5.43 Å². The van der Waals surface area contributed by atoms with E-state index < -0.39 is 11.7 Å². The summed E-state index contributed by atoms with van der Waals surface area (Å²) in [7, 11) is 1.55. The Hall–Kier alpha value is -1.57. The Morgan fingerprint density at radius 1 is 1.25 bits per heavy atom. The van der Waals surface area contributed by atoms with Gasteiger partial charge in [-0.2, -0.15) is 13.2 Å². The Balaban J connectivity index is 2.28. The van der Waals surface area contributed by atoms with E-state index in [4.69, 9.17) is 10.6 Å². The van der Waals surface area contributed by atoms with Gasteiger partial charge in [-0.15, -0.1) is 11.3 Å². The Morgan fingerprint density at radius 3 is 2.35 bits per heavy atom. The number of nitrogens with one attached hydrogen (secondary N) is 1. The Kier molecular flexibility index (Phi) is 4.32. The molecule has 20 heavy (non-hydrogen) atoms. The summed E-state index contributed by atoms with van der Waals surface area (Å²) in [6.07, 6.45) is -4.34. The number of thiophene rings is 1. The SMILES string of the molecule is COc1csc(C(NN)c2ccc(C(F)(F)F)cc2)c1. The van der Waals surface area contributed by atoms with Gasteiger partial charge < -0.3 is 4.74 Å². The zero-order chi connectivity index (χ0) is 14.8. The van der Waals surface area contributed by atoms with Crippen molar-refractivity contribution in [3.05, 3.63) is 51.7 Å². The second-order valence-corrected chi connectivity index (χ2v) is 5.05. The maximum Gasteiger partial charge on any atom is 0.416 e. The first-order valence-corrected chi connectivity index (χ1v) is 6.59. The predicted molar refractivity (Wildman–Crippen MR) is 71.5 cm³/mol. The van der Waals surface area contributed by atoms with Crippen molar-refractivity contribution >= 4 is 11.3 Å². The van der Waals surface area contributed by atoms with Crippen LogP contribution in [-0.4, -0.2) is 7.11 Å².